The van der Waals surface area contributed by atoms with Crippen molar-refractivity contribution in [3.63, 3.8) is 0 Å². The van der Waals surface area contributed by atoms with Gasteiger partial charge in [0, 0.05) is 0 Å². The van der Waals surface area contributed by atoms with Crippen molar-refractivity contribution in [3.8, 4) is 0 Å². The van der Waals surface area contributed by atoms with Gasteiger partial charge < -0.3 is 22.3 Å². The zero-order valence-corrected chi connectivity index (χ0v) is 15.5. The van der Waals surface area contributed by atoms with Crippen LogP contribution in [0, 0.1) is 0 Å². The molecule has 0 atom stereocenters. The third-order valence-electron chi connectivity index (χ3n) is 3.66. The number of para-hydroxylation sites is 2. The first kappa shape index (κ1) is 24.0. The fourth-order valence-electron chi connectivity index (χ4n) is 2.59. The molecule has 4 rings (SSSR count). The van der Waals surface area contributed by atoms with Crippen LogP contribution in [-0.2, 0) is 34.1 Å². The van der Waals surface area contributed by atoms with Crippen LogP contribution in [-0.4, -0.2) is 5.48 Å². The van der Waals surface area contributed by atoms with Crippen LogP contribution in [0.2, 0.25) is 0 Å². The number of hydrogen-bond donors (Lipinski definition) is 0. The molecule has 141 valence electrons. The van der Waals surface area contributed by atoms with Crippen molar-refractivity contribution in [1.29, 1.82) is 0 Å². The Hall–Kier alpha value is -2.04. The van der Waals surface area contributed by atoms with E-state index in [-0.39, 0.29) is 45.8 Å². The van der Waals surface area contributed by atoms with Crippen molar-refractivity contribution in [1.82, 2.24) is 0 Å². The van der Waals surface area contributed by atoms with Crippen molar-refractivity contribution in [2.45, 2.75) is 0 Å². The second-order valence-electron chi connectivity index (χ2n) is 5.14. The fourth-order valence-corrected chi connectivity index (χ4v) is 2.59. The summed E-state index contributed by atoms with van der Waals surface area (Å²) in [6.07, 6.45) is 0. The molecule has 0 spiro atoms. The molecule has 0 fully saturated rings. The molecule has 0 unspecified atom stereocenters. The summed E-state index contributed by atoms with van der Waals surface area (Å²) in [5, 5.41) is 9.72. The number of nitrogens with two attached hydrogens (primary N) is 1. The van der Waals surface area contributed by atoms with E-state index >= 15 is 0 Å². The van der Waals surface area contributed by atoms with Crippen LogP contribution in [0.1, 0.15) is 11.1 Å². The van der Waals surface area contributed by atoms with Gasteiger partial charge in [0.25, 0.3) is 0 Å². The maximum atomic E-state index is 4.86. The third-order valence-corrected chi connectivity index (χ3v) is 3.66. The summed E-state index contributed by atoms with van der Waals surface area (Å²) < 4.78 is 0. The molecule has 6 heteroatoms. The molecule has 1 aliphatic heterocycles. The van der Waals surface area contributed by atoms with Crippen LogP contribution in [0.5, 0.6) is 0 Å². The van der Waals surface area contributed by atoms with E-state index in [1.165, 1.54) is 0 Å². The Balaban J connectivity index is 0.00000156. The van der Waals surface area contributed by atoms with Crippen LogP contribution < -0.4 is 0 Å². The van der Waals surface area contributed by atoms with Crippen molar-refractivity contribution < 1.29 is 39.6 Å². The van der Waals surface area contributed by atoms with Gasteiger partial charge in [0.15, 0.2) is 0 Å². The predicted molar refractivity (Wildman–Crippen MR) is 101 cm³/mol. The monoisotopic (exact) mass is 442 g/mol. The van der Waals surface area contributed by atoms with Gasteiger partial charge in [0.2, 0.25) is 0 Å². The summed E-state index contributed by atoms with van der Waals surface area (Å²) in [5.41, 5.74) is 5.84. The third kappa shape index (κ3) is 4.77. The molecule has 1 aliphatic rings. The van der Waals surface area contributed by atoms with Gasteiger partial charge in [-0.2, -0.15) is 11.4 Å². The molecule has 4 N–H and O–H groups in total. The van der Waals surface area contributed by atoms with E-state index in [1.807, 2.05) is 60.7 Å². The van der Waals surface area contributed by atoms with Gasteiger partial charge in [-0.3, -0.25) is 0 Å². The van der Waals surface area contributed by atoms with E-state index in [0.717, 1.165) is 33.9 Å². The number of benzene rings is 3. The molecule has 26 heavy (non-hydrogen) atoms. The SMILES string of the molecule is O.[Cu+2].[Cu+].[NH2-].c1ccc(C2=C(c3ccccc3)[N-]c3ccccc3[N-]2)cc1. The van der Waals surface area contributed by atoms with E-state index in [9.17, 15) is 0 Å². The van der Waals surface area contributed by atoms with E-state index < -0.39 is 0 Å². The number of fused-ring (bicyclic) bond motifs is 1. The Kier molecular flexibility index (Phi) is 9.99. The Morgan fingerprint density at radius 2 is 0.808 bits per heavy atom. The number of nitrogens with zero attached hydrogens (tertiary/aromatic N) is 2. The smallest absolute Gasteiger partial charge is 0.693 e. The van der Waals surface area contributed by atoms with Crippen molar-refractivity contribution >= 4 is 22.8 Å². The zero-order chi connectivity index (χ0) is 14.8. The Morgan fingerprint density at radius 3 is 1.15 bits per heavy atom. The van der Waals surface area contributed by atoms with Gasteiger partial charge in [-0.15, -0.1) is 11.4 Å². The Bertz CT molecular complexity index is 769. The van der Waals surface area contributed by atoms with Crippen LogP contribution in [0.4, 0.5) is 11.4 Å². The first-order chi connectivity index (χ1) is 10.9. The number of rotatable bonds is 2. The molecular weight excluding hydrogens is 425 g/mol. The standard InChI is InChI=1S/C20H14N2.2Cu.H2N.H2O/c1-3-9-15(10-4-1)19-20(16-11-5-2-6-12-16)22-18-14-8-7-13-17(18)21-19;;;;/h1-14H;;;2*1H2/q-2;+1;+2;-1;. The second kappa shape index (κ2) is 10.8. The van der Waals surface area contributed by atoms with Crippen molar-refractivity contribution in [3.05, 3.63) is 113 Å². The van der Waals surface area contributed by atoms with Gasteiger partial charge in [-0.25, -0.2) is 0 Å². The summed E-state index contributed by atoms with van der Waals surface area (Å²) in [7, 11) is 0. The average Bonchev–Trinajstić information content (AvgIpc) is 2.62. The summed E-state index contributed by atoms with van der Waals surface area (Å²) >= 11 is 0. The molecule has 0 saturated heterocycles. The minimum absolute atomic E-state index is 0. The second-order valence-corrected chi connectivity index (χ2v) is 5.14. The van der Waals surface area contributed by atoms with Crippen molar-refractivity contribution in [2.75, 3.05) is 0 Å². The molecule has 1 radical (unpaired) electrons. The van der Waals surface area contributed by atoms with E-state index in [0.29, 0.717) is 0 Å². The minimum atomic E-state index is 0. The quantitative estimate of drug-likeness (QED) is 0.427. The van der Waals surface area contributed by atoms with Crippen LogP contribution in [0.3, 0.4) is 0 Å². The minimum Gasteiger partial charge on any atom is -0.693 e. The van der Waals surface area contributed by atoms with Crippen molar-refractivity contribution in [2.24, 2.45) is 0 Å². The van der Waals surface area contributed by atoms with Gasteiger partial charge in [-0.1, -0.05) is 84.9 Å². The fraction of sp³-hybridized carbons (Fsp3) is 0. The number of hydrogen-bond acceptors (Lipinski definition) is 0. The largest absolute Gasteiger partial charge is 2.00 e. The topological polar surface area (TPSA) is 93.2 Å². The van der Waals surface area contributed by atoms with Crippen LogP contribution >= 0.6 is 0 Å². The molecular formula is C20H18Cu2N3O. The zero-order valence-electron chi connectivity index (χ0n) is 13.7. The molecule has 0 bridgehead atoms. The maximum Gasteiger partial charge on any atom is 2.00 e. The summed E-state index contributed by atoms with van der Waals surface area (Å²) in [6, 6.07) is 28.4. The van der Waals surface area contributed by atoms with E-state index in [4.69, 9.17) is 10.6 Å². The molecule has 3 aromatic carbocycles. The van der Waals surface area contributed by atoms with Gasteiger partial charge in [0.1, 0.15) is 0 Å². The molecule has 0 aromatic heterocycles. The van der Waals surface area contributed by atoms with Crippen LogP contribution in [0.15, 0.2) is 84.9 Å². The Labute approximate surface area is 174 Å². The summed E-state index contributed by atoms with van der Waals surface area (Å²) in [5.74, 6) is 0. The predicted octanol–water partition coefficient (Wildman–Crippen LogP) is 6.12. The molecule has 3 aromatic rings. The molecule has 4 nitrogen and oxygen atoms in total. The average molecular weight is 443 g/mol. The van der Waals surface area contributed by atoms with Crippen LogP contribution in [0.25, 0.3) is 28.2 Å². The normalized spacial score (nSPS) is 11.1. The molecule has 0 amide bonds. The summed E-state index contributed by atoms with van der Waals surface area (Å²) in [6.45, 7) is 0. The first-order valence-corrected chi connectivity index (χ1v) is 7.29. The van der Waals surface area contributed by atoms with Gasteiger partial charge >= 0.3 is 34.1 Å². The molecule has 0 aliphatic carbocycles. The first-order valence-electron chi connectivity index (χ1n) is 7.29. The van der Waals surface area contributed by atoms with E-state index in [1.54, 1.807) is 0 Å². The molecule has 0 saturated carbocycles. The maximum absolute atomic E-state index is 4.86. The molecule has 1 heterocycles. The summed E-state index contributed by atoms with van der Waals surface area (Å²) in [4.78, 5) is 0. The van der Waals surface area contributed by atoms with Gasteiger partial charge in [0.05, 0.1) is 0 Å². The Morgan fingerprint density at radius 1 is 0.500 bits per heavy atom. The van der Waals surface area contributed by atoms with Gasteiger partial charge in [-0.05, 0) is 11.1 Å². The van der Waals surface area contributed by atoms with E-state index in [2.05, 4.69) is 24.3 Å².